The summed E-state index contributed by atoms with van der Waals surface area (Å²) >= 11 is 0. The Hall–Kier alpha value is -0.890. The Bertz CT molecular complexity index is 357. The van der Waals surface area contributed by atoms with Crippen molar-refractivity contribution in [3.05, 3.63) is 35.1 Å². The largest absolute Gasteiger partial charge is 0.373 e. The van der Waals surface area contributed by atoms with Crippen molar-refractivity contribution >= 4 is 0 Å². The highest BCUT2D eigenvalue weighted by Gasteiger charge is 2.34. The molecule has 0 unspecified atom stereocenters. The highest BCUT2D eigenvalue weighted by Crippen LogP contribution is 2.33. The second-order valence-corrected chi connectivity index (χ2v) is 4.29. The van der Waals surface area contributed by atoms with Gasteiger partial charge in [-0.3, -0.25) is 0 Å². The van der Waals surface area contributed by atoms with Crippen molar-refractivity contribution in [2.75, 3.05) is 6.61 Å². The third-order valence-electron chi connectivity index (χ3n) is 3.32. The Kier molecular flexibility index (Phi) is 1.84. The van der Waals surface area contributed by atoms with Crippen LogP contribution in [-0.2, 0) is 17.6 Å². The van der Waals surface area contributed by atoms with Gasteiger partial charge in [-0.1, -0.05) is 6.07 Å². The van der Waals surface area contributed by atoms with Crippen LogP contribution in [0.2, 0.25) is 0 Å². The van der Waals surface area contributed by atoms with Gasteiger partial charge in [-0.15, -0.1) is 0 Å². The molecule has 2 heteroatoms. The number of benzene rings is 1. The minimum atomic E-state index is -0.107. The molecule has 1 saturated heterocycles. The molecule has 1 aliphatic heterocycles. The maximum Gasteiger partial charge on any atom is 0.123 e. The van der Waals surface area contributed by atoms with E-state index in [1.54, 1.807) is 12.1 Å². The fourth-order valence-corrected chi connectivity index (χ4v) is 2.40. The van der Waals surface area contributed by atoms with Gasteiger partial charge < -0.3 is 4.74 Å². The number of aryl methyl sites for hydroxylation is 1. The highest BCUT2D eigenvalue weighted by molar-refractivity contribution is 5.30. The molecule has 74 valence electrons. The molecule has 2 atom stereocenters. The first-order valence-electron chi connectivity index (χ1n) is 5.22. The van der Waals surface area contributed by atoms with Gasteiger partial charge in [0.15, 0.2) is 0 Å². The molecule has 0 aromatic heterocycles. The Balaban J connectivity index is 1.86. The molecule has 0 spiro atoms. The minimum absolute atomic E-state index is 0.107. The molecule has 0 saturated carbocycles. The van der Waals surface area contributed by atoms with Gasteiger partial charge in [-0.05, 0) is 48.4 Å². The zero-order valence-electron chi connectivity index (χ0n) is 8.00. The van der Waals surface area contributed by atoms with Gasteiger partial charge in [0.2, 0.25) is 0 Å². The van der Waals surface area contributed by atoms with Crippen molar-refractivity contribution in [2.24, 2.45) is 5.92 Å². The molecule has 1 heterocycles. The predicted octanol–water partition coefficient (Wildman–Crippen LogP) is 2.33. The van der Waals surface area contributed by atoms with Crippen LogP contribution in [-0.4, -0.2) is 12.7 Å². The smallest absolute Gasteiger partial charge is 0.123 e. The topological polar surface area (TPSA) is 12.5 Å². The second kappa shape index (κ2) is 3.06. The normalized spacial score (nSPS) is 29.8. The summed E-state index contributed by atoms with van der Waals surface area (Å²) in [4.78, 5) is 0. The van der Waals surface area contributed by atoms with Crippen LogP contribution in [0.5, 0.6) is 0 Å². The van der Waals surface area contributed by atoms with E-state index in [1.165, 1.54) is 11.1 Å². The van der Waals surface area contributed by atoms with Crippen molar-refractivity contribution in [3.8, 4) is 0 Å². The summed E-state index contributed by atoms with van der Waals surface area (Å²) in [7, 11) is 0. The van der Waals surface area contributed by atoms with E-state index >= 15 is 0 Å². The first-order valence-corrected chi connectivity index (χ1v) is 5.22. The van der Waals surface area contributed by atoms with Gasteiger partial charge in [0, 0.05) is 0 Å². The minimum Gasteiger partial charge on any atom is -0.373 e. The molecule has 1 aromatic carbocycles. The van der Waals surface area contributed by atoms with E-state index in [4.69, 9.17) is 4.74 Å². The summed E-state index contributed by atoms with van der Waals surface area (Å²) in [6, 6.07) is 5.17. The van der Waals surface area contributed by atoms with Gasteiger partial charge in [0.1, 0.15) is 5.82 Å². The van der Waals surface area contributed by atoms with E-state index < -0.39 is 0 Å². The van der Waals surface area contributed by atoms with Gasteiger partial charge in [-0.2, -0.15) is 0 Å². The lowest BCUT2D eigenvalue weighted by molar-refractivity contribution is 0.306. The van der Waals surface area contributed by atoms with Gasteiger partial charge in [-0.25, -0.2) is 4.39 Å². The van der Waals surface area contributed by atoms with Crippen LogP contribution >= 0.6 is 0 Å². The van der Waals surface area contributed by atoms with E-state index in [2.05, 4.69) is 0 Å². The SMILES string of the molecule is Fc1ccc2c(c1)CC[C@H]([C@H]1CO1)C2. The van der Waals surface area contributed by atoms with Crippen LogP contribution in [0.15, 0.2) is 18.2 Å². The summed E-state index contributed by atoms with van der Waals surface area (Å²) in [5.74, 6) is 0.567. The van der Waals surface area contributed by atoms with Crippen molar-refractivity contribution in [2.45, 2.75) is 25.4 Å². The molecule has 1 fully saturated rings. The second-order valence-electron chi connectivity index (χ2n) is 4.29. The highest BCUT2D eigenvalue weighted by atomic mass is 19.1. The standard InChI is InChI=1S/C12H13FO/c13-11-4-3-8-5-10(12-7-14-12)2-1-9(8)6-11/h3-4,6,10,12H,1-2,5,7H2/t10-,12+/m0/s1. The lowest BCUT2D eigenvalue weighted by Gasteiger charge is -2.23. The van der Waals surface area contributed by atoms with Crippen molar-refractivity contribution < 1.29 is 9.13 Å². The monoisotopic (exact) mass is 192 g/mol. The molecule has 1 aliphatic carbocycles. The van der Waals surface area contributed by atoms with Crippen LogP contribution in [0.4, 0.5) is 4.39 Å². The van der Waals surface area contributed by atoms with Crippen LogP contribution in [0, 0.1) is 11.7 Å². The number of hydrogen-bond donors (Lipinski definition) is 0. The van der Waals surface area contributed by atoms with Crippen LogP contribution < -0.4 is 0 Å². The first-order chi connectivity index (χ1) is 6.83. The molecular formula is C12H13FO. The Morgan fingerprint density at radius 1 is 1.29 bits per heavy atom. The number of fused-ring (bicyclic) bond motifs is 1. The molecule has 0 bridgehead atoms. The van der Waals surface area contributed by atoms with Gasteiger partial charge in [0.05, 0.1) is 12.7 Å². The predicted molar refractivity (Wildman–Crippen MR) is 51.7 cm³/mol. The summed E-state index contributed by atoms with van der Waals surface area (Å²) in [5.41, 5.74) is 2.51. The Morgan fingerprint density at radius 3 is 2.93 bits per heavy atom. The molecule has 3 rings (SSSR count). The van der Waals surface area contributed by atoms with Crippen molar-refractivity contribution in [3.63, 3.8) is 0 Å². The molecule has 0 amide bonds. The zero-order valence-corrected chi connectivity index (χ0v) is 8.00. The number of hydrogen-bond acceptors (Lipinski definition) is 1. The molecule has 2 aliphatic rings. The quantitative estimate of drug-likeness (QED) is 0.622. The molecule has 14 heavy (non-hydrogen) atoms. The summed E-state index contributed by atoms with van der Waals surface area (Å²) in [5, 5.41) is 0. The molecule has 1 nitrogen and oxygen atoms in total. The van der Waals surface area contributed by atoms with Crippen LogP contribution in [0.3, 0.4) is 0 Å². The molecule has 0 N–H and O–H groups in total. The summed E-state index contributed by atoms with van der Waals surface area (Å²) in [6.45, 7) is 0.932. The van der Waals surface area contributed by atoms with E-state index in [0.29, 0.717) is 12.0 Å². The van der Waals surface area contributed by atoms with Crippen molar-refractivity contribution in [1.82, 2.24) is 0 Å². The van der Waals surface area contributed by atoms with Gasteiger partial charge >= 0.3 is 0 Å². The van der Waals surface area contributed by atoms with Crippen LogP contribution in [0.1, 0.15) is 17.5 Å². The van der Waals surface area contributed by atoms with Crippen LogP contribution in [0.25, 0.3) is 0 Å². The number of rotatable bonds is 1. The number of halogens is 1. The maximum absolute atomic E-state index is 12.9. The number of epoxide rings is 1. The average Bonchev–Trinajstić information content (AvgIpc) is 3.00. The number of ether oxygens (including phenoxy) is 1. The van der Waals surface area contributed by atoms with E-state index in [9.17, 15) is 4.39 Å². The fourth-order valence-electron chi connectivity index (χ4n) is 2.40. The zero-order chi connectivity index (χ0) is 9.54. The average molecular weight is 192 g/mol. The third kappa shape index (κ3) is 1.44. The summed E-state index contributed by atoms with van der Waals surface area (Å²) in [6.07, 6.45) is 3.73. The third-order valence-corrected chi connectivity index (χ3v) is 3.32. The lowest BCUT2D eigenvalue weighted by atomic mass is 9.82. The van der Waals surface area contributed by atoms with Gasteiger partial charge in [0.25, 0.3) is 0 Å². The Morgan fingerprint density at radius 2 is 2.14 bits per heavy atom. The fraction of sp³-hybridized carbons (Fsp3) is 0.500. The molecular weight excluding hydrogens is 179 g/mol. The van der Waals surface area contributed by atoms with E-state index in [-0.39, 0.29) is 5.82 Å². The lowest BCUT2D eigenvalue weighted by Crippen LogP contribution is -2.19. The Labute approximate surface area is 82.9 Å². The van der Waals surface area contributed by atoms with Crippen molar-refractivity contribution in [1.29, 1.82) is 0 Å². The summed E-state index contributed by atoms with van der Waals surface area (Å²) < 4.78 is 18.3. The molecule has 1 aromatic rings. The van der Waals surface area contributed by atoms with E-state index in [1.807, 2.05) is 6.07 Å². The first kappa shape index (κ1) is 8.42. The molecule has 0 radical (unpaired) electrons. The maximum atomic E-state index is 12.9. The van der Waals surface area contributed by atoms with E-state index in [0.717, 1.165) is 25.9 Å².